The molecule has 0 aromatic rings. The van der Waals surface area contributed by atoms with Crippen LogP contribution in [0.2, 0.25) is 0 Å². The normalized spacial score (nSPS) is 14.4. The molecule has 0 aliphatic carbocycles. The lowest BCUT2D eigenvalue weighted by molar-refractivity contribution is -0.161. The van der Waals surface area contributed by atoms with Crippen molar-refractivity contribution in [1.29, 1.82) is 0 Å². The second-order valence-corrected chi connectivity index (χ2v) is 32.2. The number of rotatable bonds is 76. The average molecular weight is 1450 g/mol. The summed E-state index contributed by atoms with van der Waals surface area (Å²) in [5, 5.41) is 10.6. The molecule has 3 unspecified atom stereocenters. The van der Waals surface area contributed by atoms with Gasteiger partial charge < -0.3 is 33.8 Å². The summed E-state index contributed by atoms with van der Waals surface area (Å²) in [6.07, 6.45) is 60.3. The van der Waals surface area contributed by atoms with Gasteiger partial charge >= 0.3 is 39.5 Å². The number of allylic oxidation sites excluding steroid dienone is 4. The second kappa shape index (κ2) is 69.9. The van der Waals surface area contributed by atoms with Gasteiger partial charge in [0.05, 0.1) is 26.4 Å². The summed E-state index contributed by atoms with van der Waals surface area (Å²) < 4.78 is 68.7. The van der Waals surface area contributed by atoms with Crippen molar-refractivity contribution in [1.82, 2.24) is 0 Å². The molecule has 0 bridgehead atoms. The van der Waals surface area contributed by atoms with Crippen LogP contribution in [-0.4, -0.2) is 96.7 Å². The van der Waals surface area contributed by atoms with Gasteiger partial charge in [-0.15, -0.1) is 0 Å². The average Bonchev–Trinajstić information content (AvgIpc) is 1.12. The minimum absolute atomic E-state index is 0.100. The molecule has 0 saturated heterocycles. The highest BCUT2D eigenvalue weighted by atomic mass is 31.2. The number of hydrogen-bond donors (Lipinski definition) is 3. The van der Waals surface area contributed by atoms with Crippen molar-refractivity contribution in [3.8, 4) is 0 Å². The Balaban J connectivity index is 5.30. The van der Waals surface area contributed by atoms with Crippen molar-refractivity contribution in [2.24, 2.45) is 17.8 Å². The van der Waals surface area contributed by atoms with Crippen molar-refractivity contribution in [2.75, 3.05) is 39.6 Å². The number of ether oxygens (including phenoxy) is 4. The van der Waals surface area contributed by atoms with E-state index in [1.54, 1.807) is 0 Å². The van der Waals surface area contributed by atoms with Crippen molar-refractivity contribution in [3.63, 3.8) is 0 Å². The van der Waals surface area contributed by atoms with Crippen LogP contribution < -0.4 is 0 Å². The summed E-state index contributed by atoms with van der Waals surface area (Å²) in [5.74, 6) is 0.209. The fourth-order valence-corrected chi connectivity index (χ4v) is 13.3. The Kier molecular flexibility index (Phi) is 68.1. The molecule has 0 radical (unpaired) electrons. The van der Waals surface area contributed by atoms with Crippen LogP contribution in [-0.2, 0) is 65.4 Å². The molecule has 0 aromatic carbocycles. The maximum Gasteiger partial charge on any atom is 0.472 e. The van der Waals surface area contributed by atoms with Gasteiger partial charge in [0.2, 0.25) is 0 Å². The van der Waals surface area contributed by atoms with Crippen molar-refractivity contribution < 1.29 is 80.2 Å². The van der Waals surface area contributed by atoms with Crippen molar-refractivity contribution >= 4 is 39.5 Å². The van der Waals surface area contributed by atoms with E-state index in [2.05, 4.69) is 72.8 Å². The van der Waals surface area contributed by atoms with E-state index < -0.39 is 97.5 Å². The molecule has 0 heterocycles. The minimum atomic E-state index is -4.97. The summed E-state index contributed by atoms with van der Waals surface area (Å²) >= 11 is 0. The van der Waals surface area contributed by atoms with Crippen LogP contribution in [0.3, 0.4) is 0 Å². The maximum atomic E-state index is 13.1. The lowest BCUT2D eigenvalue weighted by Gasteiger charge is -2.21. The van der Waals surface area contributed by atoms with Gasteiger partial charge in [0.1, 0.15) is 19.3 Å². The van der Waals surface area contributed by atoms with E-state index in [1.165, 1.54) is 180 Å². The van der Waals surface area contributed by atoms with Gasteiger partial charge in [0.25, 0.3) is 0 Å². The van der Waals surface area contributed by atoms with Crippen LogP contribution in [0.4, 0.5) is 0 Å². The number of phosphoric acid groups is 2. The molecule has 99 heavy (non-hydrogen) atoms. The van der Waals surface area contributed by atoms with E-state index >= 15 is 0 Å². The Hall–Kier alpha value is -2.46. The molecule has 0 aliphatic heterocycles. The third-order valence-electron chi connectivity index (χ3n) is 18.4. The maximum absolute atomic E-state index is 13.1. The summed E-state index contributed by atoms with van der Waals surface area (Å²) in [6, 6.07) is 0. The SMILES string of the molecule is CCCCCC/C=C\C=C/CCCCCCCC(=O)OC[C@H](COP(=O)(O)OC[C@@H](O)COP(=O)(O)OC[C@@H](COC(=O)CCCCCCCCCCCCC(C)C)OC(=O)CCCCCCCCCCCCC(C)C)OC(=O)CCCCCCCCCCCCCCCCC(C)CC. The number of carbonyl (C=O) groups is 4. The van der Waals surface area contributed by atoms with E-state index in [0.717, 1.165) is 127 Å². The van der Waals surface area contributed by atoms with Gasteiger partial charge in [-0.3, -0.25) is 37.3 Å². The monoisotopic (exact) mass is 1450 g/mol. The molecule has 3 N–H and O–H groups in total. The number of aliphatic hydroxyl groups excluding tert-OH is 1. The molecule has 584 valence electrons. The van der Waals surface area contributed by atoms with E-state index in [0.29, 0.717) is 25.7 Å². The minimum Gasteiger partial charge on any atom is -0.462 e. The zero-order chi connectivity index (χ0) is 73.0. The highest BCUT2D eigenvalue weighted by Gasteiger charge is 2.30. The smallest absolute Gasteiger partial charge is 0.462 e. The Labute approximate surface area is 605 Å². The molecule has 0 aromatic heterocycles. The van der Waals surface area contributed by atoms with Gasteiger partial charge in [-0.25, -0.2) is 9.13 Å². The largest absolute Gasteiger partial charge is 0.472 e. The Morgan fingerprint density at radius 3 is 0.899 bits per heavy atom. The van der Waals surface area contributed by atoms with Crippen LogP contribution in [0, 0.1) is 17.8 Å². The molecule has 0 rings (SSSR count). The fourth-order valence-electron chi connectivity index (χ4n) is 11.7. The van der Waals surface area contributed by atoms with Crippen molar-refractivity contribution in [2.45, 2.75) is 407 Å². The van der Waals surface area contributed by atoms with E-state index in [-0.39, 0.29) is 25.7 Å². The number of unbranched alkanes of at least 4 members (excludes halogenated alkanes) is 40. The molecule has 0 aliphatic rings. The summed E-state index contributed by atoms with van der Waals surface area (Å²) in [5.41, 5.74) is 0. The summed E-state index contributed by atoms with van der Waals surface area (Å²) in [4.78, 5) is 73.0. The third kappa shape index (κ3) is 72.3. The zero-order valence-electron chi connectivity index (χ0n) is 64.4. The molecular weight excluding hydrogens is 1290 g/mol. The third-order valence-corrected chi connectivity index (χ3v) is 20.3. The molecule has 17 nitrogen and oxygen atoms in total. The van der Waals surface area contributed by atoms with E-state index in [4.69, 9.17) is 37.0 Å². The van der Waals surface area contributed by atoms with Gasteiger partial charge in [-0.2, -0.15) is 0 Å². The number of carbonyl (C=O) groups excluding carboxylic acids is 4. The lowest BCUT2D eigenvalue weighted by atomic mass is 9.99. The summed E-state index contributed by atoms with van der Waals surface area (Å²) in [7, 11) is -9.93. The lowest BCUT2D eigenvalue weighted by Crippen LogP contribution is -2.30. The number of aliphatic hydroxyl groups is 1. The topological polar surface area (TPSA) is 237 Å². The molecule has 0 spiro atoms. The van der Waals surface area contributed by atoms with Crippen molar-refractivity contribution in [3.05, 3.63) is 24.3 Å². The predicted molar refractivity (Wildman–Crippen MR) is 404 cm³/mol. The molecular formula is C80H152O17P2. The quantitative estimate of drug-likeness (QED) is 0.0169. The van der Waals surface area contributed by atoms with Gasteiger partial charge in [-0.1, -0.05) is 336 Å². The molecule has 0 amide bonds. The van der Waals surface area contributed by atoms with Crippen LogP contribution in [0.15, 0.2) is 24.3 Å². The Morgan fingerprint density at radius 1 is 0.333 bits per heavy atom. The first-order chi connectivity index (χ1) is 47.8. The number of phosphoric ester groups is 2. The van der Waals surface area contributed by atoms with Crippen LogP contribution >= 0.6 is 15.6 Å². The Bertz CT molecular complexity index is 2020. The van der Waals surface area contributed by atoms with Gasteiger partial charge in [-0.05, 0) is 69.1 Å². The van der Waals surface area contributed by atoms with Gasteiger partial charge in [0, 0.05) is 25.7 Å². The second-order valence-electron chi connectivity index (χ2n) is 29.3. The number of esters is 4. The zero-order valence-corrected chi connectivity index (χ0v) is 66.2. The number of hydrogen-bond acceptors (Lipinski definition) is 15. The highest BCUT2D eigenvalue weighted by molar-refractivity contribution is 7.47. The molecule has 0 fully saturated rings. The first-order valence-corrected chi connectivity index (χ1v) is 43.7. The first-order valence-electron chi connectivity index (χ1n) is 40.7. The van der Waals surface area contributed by atoms with Crippen LogP contribution in [0.25, 0.3) is 0 Å². The first kappa shape index (κ1) is 96.5. The molecule has 19 heteroatoms. The van der Waals surface area contributed by atoms with E-state index in [1.807, 2.05) is 0 Å². The predicted octanol–water partition coefficient (Wildman–Crippen LogP) is 23.3. The molecule has 0 saturated carbocycles. The van der Waals surface area contributed by atoms with Crippen LogP contribution in [0.5, 0.6) is 0 Å². The Morgan fingerprint density at radius 2 is 0.596 bits per heavy atom. The van der Waals surface area contributed by atoms with E-state index in [9.17, 15) is 43.2 Å². The van der Waals surface area contributed by atoms with Crippen LogP contribution in [0.1, 0.15) is 389 Å². The standard InChI is InChI=1S/C80H152O17P2/c1-8-10-11-12-13-14-15-16-17-21-24-33-40-47-54-61-77(82)90-67-75(96-79(84)63-56-49-42-35-25-22-19-18-20-23-32-39-46-53-60-73(7)9-2)69-94-98(86,87)92-65-74(81)66-93-99(88,89)95-70-76(97-80(85)64-57-50-43-36-29-27-31-38-45-52-59-72(5)6)68-91-78(83)62-55-48-41-34-28-26-30-37-44-51-58-71(3)4/h14-17,71-76,81H,8-13,18-70H2,1-7H3,(H,86,87)(H,88,89)/b15-14-,17-16-/t73?,74-,75-,76-/m1/s1. The fraction of sp³-hybridized carbons (Fsp3) is 0.900. The highest BCUT2D eigenvalue weighted by Crippen LogP contribution is 2.45. The van der Waals surface area contributed by atoms with Gasteiger partial charge in [0.15, 0.2) is 12.2 Å². The molecule has 6 atom stereocenters. The summed E-state index contributed by atoms with van der Waals surface area (Å²) in [6.45, 7) is 11.9.